The highest BCUT2D eigenvalue weighted by Gasteiger charge is 2.47. The third-order valence-electron chi connectivity index (χ3n) is 5.83. The molecule has 0 spiro atoms. The van der Waals surface area contributed by atoms with Gasteiger partial charge in [-0.15, -0.1) is 0 Å². The Labute approximate surface area is 150 Å². The zero-order valence-electron chi connectivity index (χ0n) is 14.5. The number of H-pyrrole nitrogens is 1. The lowest BCUT2D eigenvalue weighted by Gasteiger charge is -2.33. The molecule has 0 unspecified atom stereocenters. The van der Waals surface area contributed by atoms with Crippen LogP contribution in [0.4, 0.5) is 0 Å². The van der Waals surface area contributed by atoms with Crippen LogP contribution in [0.5, 0.6) is 0 Å². The molecule has 0 radical (unpaired) electrons. The lowest BCUT2D eigenvalue weighted by Crippen LogP contribution is -2.47. The summed E-state index contributed by atoms with van der Waals surface area (Å²) in [5.41, 5.74) is 0.825. The molecule has 2 fully saturated rings. The molecule has 0 bridgehead atoms. The Morgan fingerprint density at radius 3 is 2.77 bits per heavy atom. The lowest BCUT2D eigenvalue weighted by molar-refractivity contribution is -0.149. The average molecular weight is 354 g/mol. The number of hydrogen-bond donors (Lipinski definition) is 2. The van der Waals surface area contributed by atoms with Gasteiger partial charge >= 0.3 is 5.97 Å². The summed E-state index contributed by atoms with van der Waals surface area (Å²) in [6.07, 6.45) is 4.42. The average Bonchev–Trinajstić information content (AvgIpc) is 3.02. The number of carboxylic acids is 1. The van der Waals surface area contributed by atoms with Gasteiger partial charge in [0.1, 0.15) is 6.04 Å². The van der Waals surface area contributed by atoms with E-state index in [1.54, 1.807) is 11.0 Å². The maximum Gasteiger partial charge on any atom is 0.326 e. The van der Waals surface area contributed by atoms with Crippen LogP contribution in [0.2, 0.25) is 0 Å². The number of fused-ring (bicyclic) bond motifs is 2. The minimum absolute atomic E-state index is 0.00288. The number of pyridine rings is 1. The van der Waals surface area contributed by atoms with Gasteiger partial charge in [0.05, 0.1) is 6.42 Å². The van der Waals surface area contributed by atoms with Gasteiger partial charge in [0, 0.05) is 17.1 Å². The van der Waals surface area contributed by atoms with Crippen molar-refractivity contribution in [3.63, 3.8) is 0 Å². The maximum atomic E-state index is 13.0. The number of para-hydroxylation sites is 1. The van der Waals surface area contributed by atoms with Crippen molar-refractivity contribution in [2.24, 2.45) is 5.92 Å². The lowest BCUT2D eigenvalue weighted by atomic mass is 9.84. The van der Waals surface area contributed by atoms with E-state index in [0.29, 0.717) is 12.0 Å². The number of benzene rings is 1. The molecule has 2 aliphatic rings. The number of aromatic nitrogens is 1. The van der Waals surface area contributed by atoms with Crippen LogP contribution in [0.25, 0.3) is 10.9 Å². The quantitative estimate of drug-likeness (QED) is 0.885. The third kappa shape index (κ3) is 2.89. The van der Waals surface area contributed by atoms with Gasteiger partial charge in [-0.25, -0.2) is 4.79 Å². The molecule has 4 rings (SSSR count). The first-order valence-electron chi connectivity index (χ1n) is 9.19. The molecule has 1 saturated heterocycles. The molecule has 2 N–H and O–H groups in total. The molecular weight excluding hydrogens is 332 g/mol. The van der Waals surface area contributed by atoms with Gasteiger partial charge in [-0.05, 0) is 42.7 Å². The highest BCUT2D eigenvalue weighted by Crippen LogP contribution is 2.40. The van der Waals surface area contributed by atoms with E-state index in [1.165, 1.54) is 0 Å². The van der Waals surface area contributed by atoms with E-state index in [9.17, 15) is 19.5 Å². The molecule has 1 amide bonds. The van der Waals surface area contributed by atoms with Crippen molar-refractivity contribution in [3.8, 4) is 0 Å². The number of likely N-dealkylation sites (tertiary alicyclic amines) is 1. The third-order valence-corrected chi connectivity index (χ3v) is 5.83. The number of hydrogen-bond acceptors (Lipinski definition) is 3. The monoisotopic (exact) mass is 354 g/mol. The summed E-state index contributed by atoms with van der Waals surface area (Å²) < 4.78 is 0. The van der Waals surface area contributed by atoms with Gasteiger partial charge < -0.3 is 15.0 Å². The molecule has 1 aromatic carbocycles. The van der Waals surface area contributed by atoms with Crippen molar-refractivity contribution in [1.82, 2.24) is 9.88 Å². The zero-order chi connectivity index (χ0) is 18.3. The second kappa shape index (κ2) is 6.59. The van der Waals surface area contributed by atoms with Crippen LogP contribution in [0, 0.1) is 5.92 Å². The van der Waals surface area contributed by atoms with E-state index < -0.39 is 12.0 Å². The Morgan fingerprint density at radius 1 is 1.19 bits per heavy atom. The number of rotatable bonds is 3. The molecular formula is C20H22N2O4. The highest BCUT2D eigenvalue weighted by molar-refractivity contribution is 5.87. The van der Waals surface area contributed by atoms with Crippen LogP contribution < -0.4 is 5.56 Å². The summed E-state index contributed by atoms with van der Waals surface area (Å²) in [6, 6.07) is 8.37. The molecule has 2 heterocycles. The molecule has 6 heteroatoms. The van der Waals surface area contributed by atoms with Gasteiger partial charge in [0.15, 0.2) is 0 Å². The minimum Gasteiger partial charge on any atom is -0.480 e. The van der Waals surface area contributed by atoms with Crippen molar-refractivity contribution in [2.45, 2.75) is 50.6 Å². The summed E-state index contributed by atoms with van der Waals surface area (Å²) in [4.78, 5) is 41.4. The second-order valence-electron chi connectivity index (χ2n) is 7.39. The number of carbonyl (C=O) groups is 2. The van der Waals surface area contributed by atoms with Crippen LogP contribution in [-0.4, -0.2) is 39.0 Å². The van der Waals surface area contributed by atoms with Crippen molar-refractivity contribution in [3.05, 3.63) is 46.2 Å². The van der Waals surface area contributed by atoms with Gasteiger partial charge in [-0.2, -0.15) is 0 Å². The molecule has 136 valence electrons. The van der Waals surface area contributed by atoms with E-state index in [4.69, 9.17) is 0 Å². The number of nitrogens with zero attached hydrogens (tertiary/aromatic N) is 1. The topological polar surface area (TPSA) is 90.5 Å². The van der Waals surface area contributed by atoms with E-state index in [-0.39, 0.29) is 29.8 Å². The largest absolute Gasteiger partial charge is 0.480 e. The van der Waals surface area contributed by atoms with E-state index in [1.807, 2.05) is 24.3 Å². The van der Waals surface area contributed by atoms with E-state index in [0.717, 1.165) is 36.6 Å². The van der Waals surface area contributed by atoms with E-state index in [2.05, 4.69) is 4.98 Å². The Kier molecular flexibility index (Phi) is 4.26. The summed E-state index contributed by atoms with van der Waals surface area (Å²) in [7, 11) is 0. The number of carbonyl (C=O) groups excluding carboxylic acids is 1. The smallest absolute Gasteiger partial charge is 0.326 e. The fraction of sp³-hybridized carbons (Fsp3) is 0.450. The van der Waals surface area contributed by atoms with Gasteiger partial charge in [-0.1, -0.05) is 31.0 Å². The normalized spacial score (nSPS) is 25.2. The second-order valence-corrected chi connectivity index (χ2v) is 7.39. The summed E-state index contributed by atoms with van der Waals surface area (Å²) in [5.74, 6) is -0.934. The molecule has 1 aromatic heterocycles. The molecule has 6 nitrogen and oxygen atoms in total. The summed E-state index contributed by atoms with van der Waals surface area (Å²) in [5, 5.41) is 10.4. The fourth-order valence-corrected chi connectivity index (χ4v) is 4.62. The van der Waals surface area contributed by atoms with E-state index >= 15 is 0 Å². The van der Waals surface area contributed by atoms with Crippen LogP contribution in [0.1, 0.15) is 37.7 Å². The minimum atomic E-state index is -0.944. The Hall–Kier alpha value is -2.63. The van der Waals surface area contributed by atoms with Gasteiger partial charge in [0.25, 0.3) is 5.56 Å². The first-order chi connectivity index (χ1) is 12.5. The van der Waals surface area contributed by atoms with Crippen molar-refractivity contribution in [2.75, 3.05) is 0 Å². The van der Waals surface area contributed by atoms with Crippen molar-refractivity contribution < 1.29 is 14.7 Å². The molecule has 26 heavy (non-hydrogen) atoms. The van der Waals surface area contributed by atoms with Crippen molar-refractivity contribution in [1.29, 1.82) is 0 Å². The molecule has 1 aliphatic carbocycles. The Morgan fingerprint density at radius 2 is 1.96 bits per heavy atom. The Bertz CT molecular complexity index is 919. The van der Waals surface area contributed by atoms with Crippen molar-refractivity contribution >= 4 is 22.8 Å². The Balaban J connectivity index is 1.63. The first kappa shape index (κ1) is 16.8. The van der Waals surface area contributed by atoms with Crippen LogP contribution in [0.15, 0.2) is 35.1 Å². The number of nitrogens with one attached hydrogen (secondary N) is 1. The summed E-state index contributed by atoms with van der Waals surface area (Å²) in [6.45, 7) is 0. The molecule has 3 atom stereocenters. The predicted octanol–water partition coefficient (Wildman–Crippen LogP) is 2.31. The highest BCUT2D eigenvalue weighted by atomic mass is 16.4. The maximum absolute atomic E-state index is 13.0. The first-order valence-corrected chi connectivity index (χ1v) is 9.19. The standard InChI is InChI=1S/C20H22N2O4/c23-18(11-14-9-12-5-1-3-7-15(12)21-19(14)24)22-16-8-4-2-6-13(16)10-17(22)20(25)26/h1,3,5,7,9,13,16-17H,2,4,6,8,10-11H2,(H,21,24)(H,25,26)/t13-,16+,17-/m0/s1. The number of aromatic amines is 1. The molecule has 1 aliphatic heterocycles. The number of amides is 1. The number of carboxylic acid groups (broad SMARTS) is 1. The molecule has 1 saturated carbocycles. The summed E-state index contributed by atoms with van der Waals surface area (Å²) >= 11 is 0. The van der Waals surface area contributed by atoms with Gasteiger partial charge in [0.2, 0.25) is 5.91 Å². The zero-order valence-corrected chi connectivity index (χ0v) is 14.5. The van der Waals surface area contributed by atoms with Crippen LogP contribution in [0.3, 0.4) is 0 Å². The van der Waals surface area contributed by atoms with Gasteiger partial charge in [-0.3, -0.25) is 9.59 Å². The van der Waals surface area contributed by atoms with Crippen LogP contribution in [-0.2, 0) is 16.0 Å². The predicted molar refractivity (Wildman–Crippen MR) is 96.9 cm³/mol. The van der Waals surface area contributed by atoms with Crippen LogP contribution >= 0.6 is 0 Å². The fourth-order valence-electron chi connectivity index (χ4n) is 4.62. The molecule has 2 aromatic rings. The SMILES string of the molecule is O=C(O)[C@@H]1C[C@@H]2CCCC[C@H]2N1C(=O)Cc1cc2ccccc2[nH]c1=O. The number of aliphatic carboxylic acids is 1.